The molecule has 0 aliphatic carbocycles. The summed E-state index contributed by atoms with van der Waals surface area (Å²) in [5.41, 5.74) is -1.20. The standard InChI is InChI=1S/C14H8F5NO3/c15-8-1-2-11(9(16)6-8)23-13(22)7-3-4-20-10(5-7)12(21)14(17,18)19/h1-6,12,21H. The molecule has 1 atom stereocenters. The van der Waals surface area contributed by atoms with Crippen LogP contribution < -0.4 is 4.74 Å². The molecule has 1 aromatic carbocycles. The van der Waals surface area contributed by atoms with Gasteiger partial charge >= 0.3 is 12.1 Å². The Hall–Kier alpha value is -2.55. The number of benzene rings is 1. The number of carbonyl (C=O) groups excluding carboxylic acids is 1. The number of pyridine rings is 1. The SMILES string of the molecule is O=C(Oc1ccc(F)cc1F)c1ccnc(C(O)C(F)(F)F)c1. The lowest BCUT2D eigenvalue weighted by Crippen LogP contribution is -2.22. The number of hydrogen-bond acceptors (Lipinski definition) is 4. The Labute approximate surface area is 126 Å². The summed E-state index contributed by atoms with van der Waals surface area (Å²) >= 11 is 0. The van der Waals surface area contributed by atoms with Crippen molar-refractivity contribution in [3.05, 3.63) is 59.4 Å². The van der Waals surface area contributed by atoms with Crippen molar-refractivity contribution in [2.24, 2.45) is 0 Å². The molecule has 9 heteroatoms. The minimum absolute atomic E-state index is 0.387. The van der Waals surface area contributed by atoms with Crippen LogP contribution in [0.4, 0.5) is 22.0 Å². The zero-order valence-corrected chi connectivity index (χ0v) is 11.1. The molecule has 0 aliphatic rings. The van der Waals surface area contributed by atoms with Gasteiger partial charge in [0.05, 0.1) is 11.3 Å². The summed E-state index contributed by atoms with van der Waals surface area (Å²) < 4.78 is 68.0. The molecule has 1 unspecified atom stereocenters. The molecule has 0 aliphatic heterocycles. The third-order valence-electron chi connectivity index (χ3n) is 2.70. The lowest BCUT2D eigenvalue weighted by Gasteiger charge is -2.14. The van der Waals surface area contributed by atoms with Crippen molar-refractivity contribution in [3.8, 4) is 5.75 Å². The molecule has 23 heavy (non-hydrogen) atoms. The highest BCUT2D eigenvalue weighted by Crippen LogP contribution is 2.31. The van der Waals surface area contributed by atoms with Crippen LogP contribution in [0.2, 0.25) is 0 Å². The average molecular weight is 333 g/mol. The van der Waals surface area contributed by atoms with Crippen molar-refractivity contribution in [2.75, 3.05) is 0 Å². The molecule has 2 rings (SSSR count). The predicted octanol–water partition coefficient (Wildman–Crippen LogP) is 3.17. The second-order valence-electron chi connectivity index (χ2n) is 4.38. The number of halogens is 5. The van der Waals surface area contributed by atoms with Crippen molar-refractivity contribution in [3.63, 3.8) is 0 Å². The van der Waals surface area contributed by atoms with Crippen molar-refractivity contribution in [2.45, 2.75) is 12.3 Å². The van der Waals surface area contributed by atoms with Gasteiger partial charge in [0, 0.05) is 12.3 Å². The number of esters is 1. The Morgan fingerprint density at radius 1 is 1.17 bits per heavy atom. The van der Waals surface area contributed by atoms with Crippen molar-refractivity contribution in [1.29, 1.82) is 0 Å². The highest BCUT2D eigenvalue weighted by atomic mass is 19.4. The van der Waals surface area contributed by atoms with Gasteiger partial charge in [-0.2, -0.15) is 13.2 Å². The fraction of sp³-hybridized carbons (Fsp3) is 0.143. The summed E-state index contributed by atoms with van der Waals surface area (Å²) in [5, 5.41) is 9.09. The van der Waals surface area contributed by atoms with Crippen molar-refractivity contribution >= 4 is 5.97 Å². The van der Waals surface area contributed by atoms with Crippen LogP contribution in [0.1, 0.15) is 22.2 Å². The van der Waals surface area contributed by atoms with E-state index in [1.807, 2.05) is 0 Å². The number of hydrogen-bond donors (Lipinski definition) is 1. The number of aliphatic hydroxyl groups is 1. The first kappa shape index (κ1) is 16.8. The van der Waals surface area contributed by atoms with Gasteiger partial charge in [0.15, 0.2) is 17.7 Å². The van der Waals surface area contributed by atoms with E-state index in [0.29, 0.717) is 12.1 Å². The van der Waals surface area contributed by atoms with Crippen LogP contribution in [0.5, 0.6) is 5.75 Å². The highest BCUT2D eigenvalue weighted by Gasteiger charge is 2.40. The van der Waals surface area contributed by atoms with E-state index in [4.69, 9.17) is 5.11 Å². The normalized spacial score (nSPS) is 12.8. The maximum Gasteiger partial charge on any atom is 0.420 e. The van der Waals surface area contributed by atoms with Crippen LogP contribution in [-0.2, 0) is 0 Å². The number of rotatable bonds is 3. The van der Waals surface area contributed by atoms with Gasteiger partial charge in [-0.25, -0.2) is 13.6 Å². The molecule has 0 radical (unpaired) electrons. The van der Waals surface area contributed by atoms with Crippen LogP contribution in [-0.4, -0.2) is 22.2 Å². The third kappa shape index (κ3) is 4.01. The van der Waals surface area contributed by atoms with E-state index < -0.39 is 41.3 Å². The topological polar surface area (TPSA) is 59.4 Å². The van der Waals surface area contributed by atoms with E-state index >= 15 is 0 Å². The number of aromatic nitrogens is 1. The Bertz CT molecular complexity index is 733. The molecule has 1 aromatic heterocycles. The first-order chi connectivity index (χ1) is 10.7. The third-order valence-corrected chi connectivity index (χ3v) is 2.70. The summed E-state index contributed by atoms with van der Waals surface area (Å²) in [5.74, 6) is -3.82. The minimum Gasteiger partial charge on any atom is -0.420 e. The number of nitrogens with zero attached hydrogens (tertiary/aromatic N) is 1. The van der Waals surface area contributed by atoms with E-state index in [-0.39, 0.29) is 5.56 Å². The zero-order valence-electron chi connectivity index (χ0n) is 11.1. The lowest BCUT2D eigenvalue weighted by molar-refractivity contribution is -0.207. The van der Waals surface area contributed by atoms with E-state index in [9.17, 15) is 26.7 Å². The number of ether oxygens (including phenoxy) is 1. The van der Waals surface area contributed by atoms with E-state index in [2.05, 4.69) is 9.72 Å². The molecular formula is C14H8F5NO3. The summed E-state index contributed by atoms with van der Waals surface area (Å²) in [6.07, 6.45) is -6.97. The Balaban J connectivity index is 2.23. The Kier molecular flexibility index (Phi) is 4.60. The molecule has 0 saturated heterocycles. The number of alkyl halides is 3. The summed E-state index contributed by atoms with van der Waals surface area (Å²) in [6.45, 7) is 0. The molecule has 0 spiro atoms. The molecule has 0 fully saturated rings. The number of carbonyl (C=O) groups is 1. The molecular weight excluding hydrogens is 325 g/mol. The zero-order chi connectivity index (χ0) is 17.2. The Morgan fingerprint density at radius 3 is 2.48 bits per heavy atom. The van der Waals surface area contributed by atoms with Gasteiger partial charge in [-0.15, -0.1) is 0 Å². The monoisotopic (exact) mass is 333 g/mol. The van der Waals surface area contributed by atoms with E-state index in [0.717, 1.165) is 24.4 Å². The molecule has 0 bridgehead atoms. The highest BCUT2D eigenvalue weighted by molar-refractivity contribution is 5.91. The molecule has 2 aromatic rings. The summed E-state index contributed by atoms with van der Waals surface area (Å²) in [4.78, 5) is 15.1. The second-order valence-corrected chi connectivity index (χ2v) is 4.38. The van der Waals surface area contributed by atoms with E-state index in [1.165, 1.54) is 0 Å². The fourth-order valence-corrected chi connectivity index (χ4v) is 1.61. The van der Waals surface area contributed by atoms with Crippen LogP contribution in [0.15, 0.2) is 36.5 Å². The largest absolute Gasteiger partial charge is 0.420 e. The lowest BCUT2D eigenvalue weighted by atomic mass is 10.1. The fourth-order valence-electron chi connectivity index (χ4n) is 1.61. The average Bonchev–Trinajstić information content (AvgIpc) is 2.48. The van der Waals surface area contributed by atoms with Gasteiger partial charge in [-0.3, -0.25) is 4.98 Å². The maximum absolute atomic E-state index is 13.4. The predicted molar refractivity (Wildman–Crippen MR) is 66.6 cm³/mol. The van der Waals surface area contributed by atoms with Crippen molar-refractivity contribution < 1.29 is 36.6 Å². The van der Waals surface area contributed by atoms with E-state index in [1.54, 1.807) is 0 Å². The van der Waals surface area contributed by atoms with Crippen LogP contribution in [0.25, 0.3) is 0 Å². The van der Waals surface area contributed by atoms with Gasteiger partial charge in [0.2, 0.25) is 0 Å². The van der Waals surface area contributed by atoms with Crippen molar-refractivity contribution in [1.82, 2.24) is 4.98 Å². The van der Waals surface area contributed by atoms with Crippen LogP contribution >= 0.6 is 0 Å². The Morgan fingerprint density at radius 2 is 1.87 bits per heavy atom. The minimum atomic E-state index is -4.96. The quantitative estimate of drug-likeness (QED) is 0.532. The van der Waals surface area contributed by atoms with Gasteiger partial charge in [0.1, 0.15) is 5.82 Å². The maximum atomic E-state index is 13.4. The van der Waals surface area contributed by atoms with Gasteiger partial charge in [-0.1, -0.05) is 0 Å². The smallest absolute Gasteiger partial charge is 0.420 e. The first-order valence-electron chi connectivity index (χ1n) is 6.06. The van der Waals surface area contributed by atoms with Crippen LogP contribution in [0, 0.1) is 11.6 Å². The number of aliphatic hydroxyl groups excluding tert-OH is 1. The summed E-state index contributed by atoms with van der Waals surface area (Å²) in [6, 6.07) is 3.87. The van der Waals surface area contributed by atoms with Gasteiger partial charge in [0.25, 0.3) is 0 Å². The second kappa shape index (κ2) is 6.29. The van der Waals surface area contributed by atoms with Crippen LogP contribution in [0.3, 0.4) is 0 Å². The summed E-state index contributed by atoms with van der Waals surface area (Å²) in [7, 11) is 0. The molecule has 1 N–H and O–H groups in total. The van der Waals surface area contributed by atoms with Gasteiger partial charge in [-0.05, 0) is 24.3 Å². The van der Waals surface area contributed by atoms with Gasteiger partial charge < -0.3 is 9.84 Å². The molecule has 0 saturated carbocycles. The first-order valence-corrected chi connectivity index (χ1v) is 6.06. The molecule has 0 amide bonds. The molecule has 122 valence electrons. The molecule has 4 nitrogen and oxygen atoms in total. The molecule has 1 heterocycles.